The summed E-state index contributed by atoms with van der Waals surface area (Å²) in [4.78, 5) is 27.2. The second kappa shape index (κ2) is 9.48. The van der Waals surface area contributed by atoms with E-state index in [0.29, 0.717) is 50.3 Å². The van der Waals surface area contributed by atoms with Gasteiger partial charge in [-0.05, 0) is 67.7 Å². The van der Waals surface area contributed by atoms with Crippen LogP contribution in [0.15, 0.2) is 54.1 Å². The van der Waals surface area contributed by atoms with Crippen LogP contribution >= 0.6 is 0 Å². The largest absolute Gasteiger partial charge is 0.465 e. The molecule has 1 aliphatic heterocycles. The highest BCUT2D eigenvalue weighted by atomic mass is 16.4. The summed E-state index contributed by atoms with van der Waals surface area (Å²) in [5.74, 6) is 0.0273. The van der Waals surface area contributed by atoms with Gasteiger partial charge in [-0.1, -0.05) is 29.8 Å². The molecule has 30 heavy (non-hydrogen) atoms. The van der Waals surface area contributed by atoms with Gasteiger partial charge in [-0.25, -0.2) is 4.79 Å². The van der Waals surface area contributed by atoms with E-state index in [2.05, 4.69) is 0 Å². The molecular weight excluding hydrogens is 378 g/mol. The van der Waals surface area contributed by atoms with Crippen molar-refractivity contribution in [1.82, 2.24) is 9.80 Å². The van der Waals surface area contributed by atoms with Crippen LogP contribution in [0.2, 0.25) is 0 Å². The van der Waals surface area contributed by atoms with Gasteiger partial charge in [-0.15, -0.1) is 0 Å². The highest BCUT2D eigenvalue weighted by molar-refractivity contribution is 5.95. The smallest absolute Gasteiger partial charge is 0.407 e. The Kier molecular flexibility index (Phi) is 6.77. The second-order valence-electron chi connectivity index (χ2n) is 7.43. The number of hydrogen-bond acceptors (Lipinski definition) is 3. The van der Waals surface area contributed by atoms with Crippen LogP contribution in [-0.2, 0) is 0 Å². The van der Waals surface area contributed by atoms with E-state index < -0.39 is 6.09 Å². The number of hydrogen-bond donors (Lipinski definition) is 2. The van der Waals surface area contributed by atoms with Crippen molar-refractivity contribution in [3.63, 3.8) is 0 Å². The molecule has 1 aliphatic rings. The Morgan fingerprint density at radius 3 is 2.10 bits per heavy atom. The Morgan fingerprint density at radius 1 is 0.967 bits per heavy atom. The van der Waals surface area contributed by atoms with Gasteiger partial charge in [0.2, 0.25) is 0 Å². The molecule has 0 saturated carbocycles. The number of nitrogens with two attached hydrogens (primary N) is 1. The zero-order valence-corrected chi connectivity index (χ0v) is 17.6. The number of carboxylic acid groups (broad SMARTS) is 1. The zero-order chi connectivity index (χ0) is 21.7. The van der Waals surface area contributed by atoms with Crippen LogP contribution in [0.5, 0.6) is 0 Å². The first-order valence-electron chi connectivity index (χ1n) is 10.4. The van der Waals surface area contributed by atoms with E-state index in [4.69, 9.17) is 5.73 Å². The van der Waals surface area contributed by atoms with Gasteiger partial charge in [0.25, 0.3) is 5.91 Å². The standard InChI is InChI=1S/C24H29N3O3/c1-3-26(4-2)23(28)19-10-8-17(9-11-19)22(20-6-5-7-21(25)16-20)18-12-14-27(15-13-18)24(29)30/h5-11,16H,3-4,12-15,25H2,1-2H3,(H,29,30). The van der Waals surface area contributed by atoms with E-state index in [9.17, 15) is 14.7 Å². The molecule has 1 saturated heterocycles. The number of likely N-dealkylation sites (tertiary alicyclic amines) is 1. The quantitative estimate of drug-likeness (QED) is 0.723. The molecule has 2 amide bonds. The first-order chi connectivity index (χ1) is 14.4. The molecule has 2 aromatic carbocycles. The molecule has 0 aliphatic carbocycles. The van der Waals surface area contributed by atoms with Crippen molar-refractivity contribution in [2.45, 2.75) is 26.7 Å². The topological polar surface area (TPSA) is 86.9 Å². The van der Waals surface area contributed by atoms with E-state index in [1.807, 2.05) is 62.4 Å². The Bertz CT molecular complexity index is 936. The summed E-state index contributed by atoms with van der Waals surface area (Å²) in [5, 5.41) is 9.26. The monoisotopic (exact) mass is 407 g/mol. The predicted molar refractivity (Wildman–Crippen MR) is 119 cm³/mol. The van der Waals surface area contributed by atoms with E-state index in [1.165, 1.54) is 10.5 Å². The SMILES string of the molecule is CCN(CC)C(=O)c1ccc(C(=C2CCN(C(=O)O)CC2)c2cccc(N)c2)cc1. The maximum atomic E-state index is 12.6. The van der Waals surface area contributed by atoms with Gasteiger partial charge < -0.3 is 20.6 Å². The fraction of sp³-hybridized carbons (Fsp3) is 0.333. The van der Waals surface area contributed by atoms with Crippen LogP contribution in [0.4, 0.5) is 10.5 Å². The van der Waals surface area contributed by atoms with Gasteiger partial charge in [0, 0.05) is 37.4 Å². The molecular formula is C24H29N3O3. The minimum Gasteiger partial charge on any atom is -0.465 e. The average molecular weight is 408 g/mol. The summed E-state index contributed by atoms with van der Waals surface area (Å²) in [6.45, 7) is 6.26. The molecule has 0 atom stereocenters. The maximum Gasteiger partial charge on any atom is 0.407 e. The molecule has 0 unspecified atom stereocenters. The fourth-order valence-corrected chi connectivity index (χ4v) is 3.96. The van der Waals surface area contributed by atoms with Crippen LogP contribution in [0.25, 0.3) is 5.57 Å². The highest BCUT2D eigenvalue weighted by Gasteiger charge is 2.22. The van der Waals surface area contributed by atoms with Crippen LogP contribution < -0.4 is 5.73 Å². The molecule has 3 N–H and O–H groups in total. The van der Waals surface area contributed by atoms with Crippen molar-refractivity contribution < 1.29 is 14.7 Å². The molecule has 0 aromatic heterocycles. The molecule has 1 fully saturated rings. The summed E-state index contributed by atoms with van der Waals surface area (Å²) >= 11 is 0. The Labute approximate surface area is 177 Å². The number of carbonyl (C=O) groups excluding carboxylic acids is 1. The maximum absolute atomic E-state index is 12.6. The minimum absolute atomic E-state index is 0.0273. The Morgan fingerprint density at radius 2 is 1.57 bits per heavy atom. The third-order valence-electron chi connectivity index (χ3n) is 5.64. The lowest BCUT2D eigenvalue weighted by molar-refractivity contribution is 0.0773. The van der Waals surface area contributed by atoms with Crippen molar-refractivity contribution in [1.29, 1.82) is 0 Å². The van der Waals surface area contributed by atoms with Crippen LogP contribution in [0, 0.1) is 0 Å². The van der Waals surface area contributed by atoms with Gasteiger partial charge in [0.05, 0.1) is 0 Å². The Balaban J connectivity index is 1.98. The molecule has 0 radical (unpaired) electrons. The van der Waals surface area contributed by atoms with Gasteiger partial charge in [-0.3, -0.25) is 4.79 Å². The predicted octanol–water partition coefficient (Wildman–Crippen LogP) is 4.33. The number of piperidine rings is 1. The molecule has 6 heteroatoms. The molecule has 158 valence electrons. The van der Waals surface area contributed by atoms with Crippen LogP contribution in [0.3, 0.4) is 0 Å². The van der Waals surface area contributed by atoms with Gasteiger partial charge >= 0.3 is 6.09 Å². The molecule has 0 bridgehead atoms. The van der Waals surface area contributed by atoms with Gasteiger partial charge in [0.1, 0.15) is 0 Å². The fourth-order valence-electron chi connectivity index (χ4n) is 3.96. The lowest BCUT2D eigenvalue weighted by Gasteiger charge is -2.28. The highest BCUT2D eigenvalue weighted by Crippen LogP contribution is 2.33. The summed E-state index contributed by atoms with van der Waals surface area (Å²) in [7, 11) is 0. The third-order valence-corrected chi connectivity index (χ3v) is 5.64. The second-order valence-corrected chi connectivity index (χ2v) is 7.43. The van der Waals surface area contributed by atoms with Crippen molar-refractivity contribution in [3.8, 4) is 0 Å². The van der Waals surface area contributed by atoms with Crippen LogP contribution in [-0.4, -0.2) is 53.1 Å². The molecule has 6 nitrogen and oxygen atoms in total. The number of nitrogen functional groups attached to an aromatic ring is 1. The van der Waals surface area contributed by atoms with Gasteiger partial charge in [-0.2, -0.15) is 0 Å². The number of rotatable bonds is 5. The van der Waals surface area contributed by atoms with E-state index >= 15 is 0 Å². The third kappa shape index (κ3) is 4.64. The zero-order valence-electron chi connectivity index (χ0n) is 17.6. The van der Waals surface area contributed by atoms with Crippen LogP contribution in [0.1, 0.15) is 48.2 Å². The van der Waals surface area contributed by atoms with Gasteiger partial charge in [0.15, 0.2) is 0 Å². The molecule has 0 spiro atoms. The van der Waals surface area contributed by atoms with E-state index in [1.54, 1.807) is 4.90 Å². The molecule has 2 aromatic rings. The first kappa shape index (κ1) is 21.4. The first-order valence-corrected chi connectivity index (χ1v) is 10.4. The van der Waals surface area contributed by atoms with Crippen molar-refractivity contribution in [3.05, 3.63) is 70.8 Å². The number of nitrogens with zero attached hydrogens (tertiary/aromatic N) is 2. The lowest BCUT2D eigenvalue weighted by Crippen LogP contribution is -2.35. The molecule has 3 rings (SSSR count). The number of amides is 2. The normalized spacial score (nSPS) is 13.8. The summed E-state index contributed by atoms with van der Waals surface area (Å²) in [6, 6.07) is 15.4. The van der Waals surface area contributed by atoms with E-state index in [0.717, 1.165) is 16.7 Å². The van der Waals surface area contributed by atoms with Crippen molar-refractivity contribution in [2.24, 2.45) is 0 Å². The summed E-state index contributed by atoms with van der Waals surface area (Å²) in [6.07, 6.45) is 0.478. The Hall–Kier alpha value is -3.28. The molecule has 1 heterocycles. The van der Waals surface area contributed by atoms with Crippen molar-refractivity contribution in [2.75, 3.05) is 31.9 Å². The number of benzene rings is 2. The average Bonchev–Trinajstić information content (AvgIpc) is 2.75. The van der Waals surface area contributed by atoms with E-state index in [-0.39, 0.29) is 5.91 Å². The number of anilines is 1. The number of carbonyl (C=O) groups is 2. The van der Waals surface area contributed by atoms with Crippen molar-refractivity contribution >= 4 is 23.3 Å². The summed E-state index contributed by atoms with van der Waals surface area (Å²) < 4.78 is 0. The lowest BCUT2D eigenvalue weighted by atomic mass is 9.88. The minimum atomic E-state index is -0.876. The summed E-state index contributed by atoms with van der Waals surface area (Å²) in [5.41, 5.74) is 11.7.